The molecule has 0 bridgehead atoms. The van der Waals surface area contributed by atoms with Gasteiger partial charge in [-0.1, -0.05) is 12.1 Å². The molecule has 6 nitrogen and oxygen atoms in total. The Labute approximate surface area is 153 Å². The summed E-state index contributed by atoms with van der Waals surface area (Å²) in [5.74, 6) is 1.45. The van der Waals surface area contributed by atoms with Crippen molar-refractivity contribution < 1.29 is 4.79 Å². The SMILES string of the molecule is Cl.Cn1c(=O)n(CC(=O)N2CC[C@@H]3CNC[C@@H]3CC2)c2ccccc21. The molecule has 7 heteroatoms. The Kier molecular flexibility index (Phi) is 5.20. The molecule has 1 N–H and O–H groups in total. The van der Waals surface area contributed by atoms with Gasteiger partial charge in [0.05, 0.1) is 11.0 Å². The van der Waals surface area contributed by atoms with Gasteiger partial charge in [-0.2, -0.15) is 0 Å². The van der Waals surface area contributed by atoms with Gasteiger partial charge >= 0.3 is 5.69 Å². The number of nitrogens with zero attached hydrogens (tertiary/aromatic N) is 3. The van der Waals surface area contributed by atoms with Crippen molar-refractivity contribution in [1.82, 2.24) is 19.4 Å². The lowest BCUT2D eigenvalue weighted by Crippen LogP contribution is -2.37. The largest absolute Gasteiger partial charge is 0.341 e. The van der Waals surface area contributed by atoms with E-state index in [1.54, 1.807) is 16.2 Å². The first kappa shape index (κ1) is 18.0. The summed E-state index contributed by atoms with van der Waals surface area (Å²) in [5, 5.41) is 3.45. The number of aryl methyl sites for hydroxylation is 1. The molecule has 0 radical (unpaired) electrons. The predicted octanol–water partition coefficient (Wildman–Crippen LogP) is 1.22. The van der Waals surface area contributed by atoms with Crippen molar-refractivity contribution in [2.45, 2.75) is 19.4 Å². The summed E-state index contributed by atoms with van der Waals surface area (Å²) < 4.78 is 3.21. The summed E-state index contributed by atoms with van der Waals surface area (Å²) in [6.07, 6.45) is 2.13. The number of imidazole rings is 1. The van der Waals surface area contributed by atoms with E-state index in [1.165, 1.54) is 0 Å². The quantitative estimate of drug-likeness (QED) is 0.871. The molecule has 4 rings (SSSR count). The van der Waals surface area contributed by atoms with Gasteiger partial charge in [0.25, 0.3) is 0 Å². The van der Waals surface area contributed by atoms with Crippen LogP contribution in [0.3, 0.4) is 0 Å². The van der Waals surface area contributed by atoms with Gasteiger partial charge in [0.15, 0.2) is 0 Å². The lowest BCUT2D eigenvalue weighted by atomic mass is 9.92. The number of carbonyl (C=O) groups is 1. The minimum absolute atomic E-state index is 0. The average Bonchev–Trinajstić information content (AvgIpc) is 3.06. The first-order chi connectivity index (χ1) is 11.6. The van der Waals surface area contributed by atoms with E-state index in [0.29, 0.717) is 11.8 Å². The molecular weight excluding hydrogens is 340 g/mol. The van der Waals surface area contributed by atoms with Gasteiger partial charge in [0.1, 0.15) is 6.54 Å². The molecular formula is C18H25ClN4O2. The van der Waals surface area contributed by atoms with Gasteiger partial charge in [0.2, 0.25) is 5.91 Å². The molecule has 2 fully saturated rings. The van der Waals surface area contributed by atoms with Crippen molar-refractivity contribution in [1.29, 1.82) is 0 Å². The molecule has 136 valence electrons. The van der Waals surface area contributed by atoms with Gasteiger partial charge in [0, 0.05) is 20.1 Å². The minimum Gasteiger partial charge on any atom is -0.341 e. The lowest BCUT2D eigenvalue weighted by Gasteiger charge is -2.21. The van der Waals surface area contributed by atoms with Crippen molar-refractivity contribution in [2.24, 2.45) is 18.9 Å². The molecule has 2 aliphatic heterocycles. The molecule has 25 heavy (non-hydrogen) atoms. The molecule has 2 aliphatic rings. The van der Waals surface area contributed by atoms with Gasteiger partial charge in [-0.05, 0) is 49.9 Å². The van der Waals surface area contributed by atoms with E-state index in [-0.39, 0.29) is 30.5 Å². The van der Waals surface area contributed by atoms with Crippen molar-refractivity contribution >= 4 is 29.3 Å². The number of rotatable bonds is 2. The number of aromatic nitrogens is 2. The number of carbonyl (C=O) groups excluding carboxylic acids is 1. The minimum atomic E-state index is -0.125. The van der Waals surface area contributed by atoms with Crippen LogP contribution in [0.5, 0.6) is 0 Å². The Morgan fingerprint density at radius 3 is 2.36 bits per heavy atom. The van der Waals surface area contributed by atoms with E-state index in [2.05, 4.69) is 5.32 Å². The molecule has 2 saturated heterocycles. The van der Waals surface area contributed by atoms with Crippen LogP contribution in [-0.2, 0) is 18.4 Å². The fraction of sp³-hybridized carbons (Fsp3) is 0.556. The van der Waals surface area contributed by atoms with Crippen LogP contribution in [0.4, 0.5) is 0 Å². The van der Waals surface area contributed by atoms with Crippen LogP contribution >= 0.6 is 12.4 Å². The zero-order valence-corrected chi connectivity index (χ0v) is 15.3. The molecule has 1 aromatic carbocycles. The summed E-state index contributed by atoms with van der Waals surface area (Å²) in [7, 11) is 1.76. The van der Waals surface area contributed by atoms with Gasteiger partial charge in [-0.3, -0.25) is 13.9 Å². The normalized spacial score (nSPS) is 23.2. The average molecular weight is 365 g/mol. The predicted molar refractivity (Wildman–Crippen MR) is 100 cm³/mol. The zero-order chi connectivity index (χ0) is 16.7. The lowest BCUT2D eigenvalue weighted by molar-refractivity contribution is -0.131. The molecule has 0 saturated carbocycles. The molecule has 1 aromatic heterocycles. The Morgan fingerprint density at radius 2 is 1.72 bits per heavy atom. The maximum atomic E-state index is 12.8. The van der Waals surface area contributed by atoms with E-state index in [9.17, 15) is 9.59 Å². The summed E-state index contributed by atoms with van der Waals surface area (Å²) in [4.78, 5) is 27.2. The molecule has 0 spiro atoms. The van der Waals surface area contributed by atoms with Gasteiger partial charge < -0.3 is 10.2 Å². The van der Waals surface area contributed by atoms with E-state index in [4.69, 9.17) is 0 Å². The fourth-order valence-corrected chi connectivity index (χ4v) is 4.22. The number of hydrogen-bond donors (Lipinski definition) is 1. The molecule has 3 heterocycles. The highest BCUT2D eigenvalue weighted by Gasteiger charge is 2.31. The van der Waals surface area contributed by atoms with E-state index >= 15 is 0 Å². The van der Waals surface area contributed by atoms with Crippen LogP contribution in [0.1, 0.15) is 12.8 Å². The van der Waals surface area contributed by atoms with E-state index < -0.39 is 0 Å². The highest BCUT2D eigenvalue weighted by atomic mass is 35.5. The van der Waals surface area contributed by atoms with Crippen LogP contribution in [0.25, 0.3) is 11.0 Å². The number of fused-ring (bicyclic) bond motifs is 2. The van der Waals surface area contributed by atoms with Gasteiger partial charge in [-0.25, -0.2) is 4.79 Å². The first-order valence-corrected chi connectivity index (χ1v) is 8.78. The number of hydrogen-bond acceptors (Lipinski definition) is 3. The summed E-state index contributed by atoms with van der Waals surface area (Å²) >= 11 is 0. The molecule has 2 aromatic rings. The second kappa shape index (κ2) is 7.22. The maximum absolute atomic E-state index is 12.8. The van der Waals surface area contributed by atoms with Crippen LogP contribution in [0, 0.1) is 11.8 Å². The summed E-state index contributed by atoms with van der Waals surface area (Å²) in [6.45, 7) is 3.90. The highest BCUT2D eigenvalue weighted by Crippen LogP contribution is 2.27. The molecule has 1 amide bonds. The second-order valence-electron chi connectivity index (χ2n) is 7.05. The zero-order valence-electron chi connectivity index (χ0n) is 14.5. The van der Waals surface area contributed by atoms with Crippen molar-refractivity contribution in [3.8, 4) is 0 Å². The Morgan fingerprint density at radius 1 is 1.12 bits per heavy atom. The summed E-state index contributed by atoms with van der Waals surface area (Å²) in [6, 6.07) is 7.64. The molecule has 2 atom stereocenters. The highest BCUT2D eigenvalue weighted by molar-refractivity contribution is 5.85. The maximum Gasteiger partial charge on any atom is 0.329 e. The van der Waals surface area contributed by atoms with Crippen LogP contribution in [-0.4, -0.2) is 46.1 Å². The topological polar surface area (TPSA) is 59.3 Å². The number of nitrogens with one attached hydrogen (secondary N) is 1. The van der Waals surface area contributed by atoms with Crippen LogP contribution in [0.15, 0.2) is 29.1 Å². The molecule has 0 unspecified atom stereocenters. The number of amides is 1. The number of para-hydroxylation sites is 2. The number of likely N-dealkylation sites (tertiary alicyclic amines) is 1. The first-order valence-electron chi connectivity index (χ1n) is 8.78. The second-order valence-corrected chi connectivity index (χ2v) is 7.05. The van der Waals surface area contributed by atoms with E-state index in [1.807, 2.05) is 29.2 Å². The Bertz CT molecular complexity index is 814. The van der Waals surface area contributed by atoms with Crippen molar-refractivity contribution in [3.63, 3.8) is 0 Å². The Balaban J connectivity index is 0.00000182. The molecule has 0 aliphatic carbocycles. The van der Waals surface area contributed by atoms with Crippen molar-refractivity contribution in [2.75, 3.05) is 26.2 Å². The van der Waals surface area contributed by atoms with Gasteiger partial charge in [-0.15, -0.1) is 12.4 Å². The Hall–Kier alpha value is -1.79. The third-order valence-electron chi connectivity index (χ3n) is 5.72. The van der Waals surface area contributed by atoms with Crippen molar-refractivity contribution in [3.05, 3.63) is 34.7 Å². The fourth-order valence-electron chi connectivity index (χ4n) is 4.22. The third kappa shape index (κ3) is 3.20. The van der Waals surface area contributed by atoms with Crippen LogP contribution in [0.2, 0.25) is 0 Å². The monoisotopic (exact) mass is 364 g/mol. The van der Waals surface area contributed by atoms with Crippen LogP contribution < -0.4 is 11.0 Å². The van der Waals surface area contributed by atoms with E-state index in [0.717, 1.165) is 50.1 Å². The third-order valence-corrected chi connectivity index (χ3v) is 5.72. The number of halogens is 1. The summed E-state index contributed by atoms with van der Waals surface area (Å²) in [5.41, 5.74) is 1.57. The number of benzene rings is 1. The standard InChI is InChI=1S/C18H24N4O2.ClH/c1-20-15-4-2-3-5-16(15)22(18(20)24)12-17(23)21-8-6-13-10-19-11-14(13)7-9-21;/h2-5,13-14,19H,6-12H2,1H3;1H/t13-,14+;. The smallest absolute Gasteiger partial charge is 0.329 e.